The lowest BCUT2D eigenvalue weighted by atomic mass is 9.94. The van der Waals surface area contributed by atoms with Crippen molar-refractivity contribution in [3.05, 3.63) is 65.2 Å². The lowest BCUT2D eigenvalue weighted by Crippen LogP contribution is -2.23. The van der Waals surface area contributed by atoms with E-state index in [1.54, 1.807) is 7.11 Å². The molecule has 2 heterocycles. The lowest BCUT2D eigenvalue weighted by molar-refractivity contribution is 0.0745. The molecule has 0 radical (unpaired) electrons. The second kappa shape index (κ2) is 8.11. The van der Waals surface area contributed by atoms with E-state index in [9.17, 15) is 0 Å². The van der Waals surface area contributed by atoms with E-state index in [4.69, 9.17) is 14.3 Å². The molecule has 142 valence electrons. The number of oxime groups is 1. The summed E-state index contributed by atoms with van der Waals surface area (Å²) in [5.41, 5.74) is 4.81. The Morgan fingerprint density at radius 3 is 2.74 bits per heavy atom. The summed E-state index contributed by atoms with van der Waals surface area (Å²) < 4.78 is 10.6. The van der Waals surface area contributed by atoms with Gasteiger partial charge in [0.1, 0.15) is 18.5 Å². The summed E-state index contributed by atoms with van der Waals surface area (Å²) in [5, 5.41) is 4.38. The minimum Gasteiger partial charge on any atom is -0.491 e. The first-order valence-corrected chi connectivity index (χ1v) is 9.47. The van der Waals surface area contributed by atoms with Crippen LogP contribution >= 0.6 is 0 Å². The van der Waals surface area contributed by atoms with Gasteiger partial charge in [-0.05, 0) is 24.6 Å². The molecular weight excluding hydrogens is 340 g/mol. The van der Waals surface area contributed by atoms with Gasteiger partial charge in [0.2, 0.25) is 0 Å². The van der Waals surface area contributed by atoms with Crippen molar-refractivity contribution >= 4 is 5.71 Å². The van der Waals surface area contributed by atoms with Crippen LogP contribution in [0.4, 0.5) is 0 Å². The van der Waals surface area contributed by atoms with Crippen LogP contribution < -0.4 is 4.74 Å². The Balaban J connectivity index is 1.35. The Morgan fingerprint density at radius 2 is 1.96 bits per heavy atom. The number of fused-ring (bicyclic) bond motifs is 1. The van der Waals surface area contributed by atoms with Gasteiger partial charge >= 0.3 is 0 Å². The Hall–Kier alpha value is -2.37. The van der Waals surface area contributed by atoms with Crippen molar-refractivity contribution < 1.29 is 14.3 Å². The van der Waals surface area contributed by atoms with E-state index < -0.39 is 0 Å². The number of methoxy groups -OCH3 is 1. The van der Waals surface area contributed by atoms with E-state index in [2.05, 4.69) is 53.4 Å². The highest BCUT2D eigenvalue weighted by Gasteiger charge is 2.42. The van der Waals surface area contributed by atoms with Gasteiger partial charge in [0.05, 0.1) is 18.2 Å². The van der Waals surface area contributed by atoms with Gasteiger partial charge in [-0.25, -0.2) is 0 Å². The van der Waals surface area contributed by atoms with Crippen LogP contribution in [-0.2, 0) is 16.1 Å². The third kappa shape index (κ3) is 4.15. The molecule has 0 saturated carbocycles. The Bertz CT molecular complexity index is 803. The molecule has 0 unspecified atom stereocenters. The Labute approximate surface area is 160 Å². The van der Waals surface area contributed by atoms with E-state index in [1.165, 1.54) is 16.7 Å². The van der Waals surface area contributed by atoms with Gasteiger partial charge in [0, 0.05) is 32.3 Å². The third-order valence-corrected chi connectivity index (χ3v) is 5.18. The molecule has 4 rings (SSSR count). The van der Waals surface area contributed by atoms with Crippen LogP contribution in [0, 0.1) is 12.8 Å². The molecule has 0 amide bonds. The van der Waals surface area contributed by atoms with Crippen molar-refractivity contribution in [3.8, 4) is 5.75 Å². The highest BCUT2D eigenvalue weighted by Crippen LogP contribution is 2.31. The van der Waals surface area contributed by atoms with E-state index >= 15 is 0 Å². The van der Waals surface area contributed by atoms with E-state index in [0.717, 1.165) is 31.1 Å². The van der Waals surface area contributed by atoms with Crippen LogP contribution in [0.3, 0.4) is 0 Å². The molecule has 0 bridgehead atoms. The second-order valence-electron chi connectivity index (χ2n) is 7.28. The quantitative estimate of drug-likeness (QED) is 0.706. The predicted octanol–water partition coefficient (Wildman–Crippen LogP) is 3.26. The molecule has 27 heavy (non-hydrogen) atoms. The number of hydrogen-bond donors (Lipinski definition) is 0. The molecule has 2 aromatic carbocycles. The number of benzene rings is 2. The van der Waals surface area contributed by atoms with Crippen molar-refractivity contribution in [2.75, 3.05) is 33.4 Å². The molecule has 2 atom stereocenters. The fourth-order valence-corrected chi connectivity index (χ4v) is 3.81. The average Bonchev–Trinajstić information content (AvgIpc) is 3.23. The van der Waals surface area contributed by atoms with Crippen LogP contribution in [0.1, 0.15) is 16.7 Å². The first-order valence-electron chi connectivity index (χ1n) is 9.47. The fourth-order valence-electron chi connectivity index (χ4n) is 3.81. The largest absolute Gasteiger partial charge is 0.491 e. The number of nitrogens with zero attached hydrogens (tertiary/aromatic N) is 2. The van der Waals surface area contributed by atoms with Crippen LogP contribution in [0.5, 0.6) is 5.75 Å². The molecule has 1 fully saturated rings. The summed E-state index contributed by atoms with van der Waals surface area (Å²) in [6, 6.07) is 16.8. The van der Waals surface area contributed by atoms with Crippen molar-refractivity contribution in [1.29, 1.82) is 0 Å². The van der Waals surface area contributed by atoms with Crippen LogP contribution in [-0.4, -0.2) is 50.1 Å². The van der Waals surface area contributed by atoms with Gasteiger partial charge in [-0.3, -0.25) is 4.90 Å². The molecular formula is C22H26N2O3. The van der Waals surface area contributed by atoms with Gasteiger partial charge in [-0.1, -0.05) is 47.1 Å². The summed E-state index contributed by atoms with van der Waals surface area (Å²) >= 11 is 0. The minimum atomic E-state index is 0.164. The monoisotopic (exact) mass is 366 g/mol. The molecule has 0 spiro atoms. The van der Waals surface area contributed by atoms with E-state index in [0.29, 0.717) is 19.1 Å². The highest BCUT2D eigenvalue weighted by atomic mass is 16.6. The molecule has 2 aliphatic rings. The summed E-state index contributed by atoms with van der Waals surface area (Å²) in [5.74, 6) is 1.23. The first kappa shape index (κ1) is 18.0. The van der Waals surface area contributed by atoms with Crippen molar-refractivity contribution in [2.24, 2.45) is 11.1 Å². The maximum Gasteiger partial charge on any atom is 0.149 e. The predicted molar refractivity (Wildman–Crippen MR) is 105 cm³/mol. The SMILES string of the molecule is COCCOc1ccc(CN2C[C@H]3ON=C(c4cccc(C)c4)[C@@H]3C2)cc1. The topological polar surface area (TPSA) is 43.3 Å². The van der Waals surface area contributed by atoms with Gasteiger partial charge < -0.3 is 14.3 Å². The molecule has 0 aliphatic carbocycles. The lowest BCUT2D eigenvalue weighted by Gasteiger charge is -2.16. The summed E-state index contributed by atoms with van der Waals surface area (Å²) in [6.07, 6.45) is 0.164. The number of ether oxygens (including phenoxy) is 2. The van der Waals surface area contributed by atoms with E-state index in [-0.39, 0.29) is 6.10 Å². The minimum absolute atomic E-state index is 0.164. The molecule has 0 N–H and O–H groups in total. The maximum absolute atomic E-state index is 5.74. The Morgan fingerprint density at radius 1 is 1.11 bits per heavy atom. The van der Waals surface area contributed by atoms with Gasteiger partial charge in [-0.2, -0.15) is 0 Å². The molecule has 1 saturated heterocycles. The van der Waals surface area contributed by atoms with E-state index in [1.807, 2.05) is 12.1 Å². The van der Waals surface area contributed by atoms with Gasteiger partial charge in [-0.15, -0.1) is 0 Å². The number of hydrogen-bond acceptors (Lipinski definition) is 5. The van der Waals surface area contributed by atoms with Crippen molar-refractivity contribution in [3.63, 3.8) is 0 Å². The highest BCUT2D eigenvalue weighted by molar-refractivity contribution is 6.03. The smallest absolute Gasteiger partial charge is 0.149 e. The molecule has 5 nitrogen and oxygen atoms in total. The average molecular weight is 366 g/mol. The summed E-state index contributed by atoms with van der Waals surface area (Å²) in [6.45, 7) is 6.09. The molecule has 5 heteroatoms. The summed E-state index contributed by atoms with van der Waals surface area (Å²) in [4.78, 5) is 8.19. The zero-order chi connectivity index (χ0) is 18.6. The zero-order valence-electron chi connectivity index (χ0n) is 15.9. The third-order valence-electron chi connectivity index (χ3n) is 5.18. The maximum atomic E-state index is 5.74. The van der Waals surface area contributed by atoms with Crippen LogP contribution in [0.2, 0.25) is 0 Å². The first-order chi connectivity index (χ1) is 13.2. The van der Waals surface area contributed by atoms with Crippen LogP contribution in [0.15, 0.2) is 53.7 Å². The number of rotatable bonds is 7. The molecule has 2 aliphatic heterocycles. The summed E-state index contributed by atoms with van der Waals surface area (Å²) in [7, 11) is 1.68. The Kier molecular flexibility index (Phi) is 5.41. The van der Waals surface area contributed by atoms with Crippen molar-refractivity contribution in [1.82, 2.24) is 4.90 Å². The molecule has 0 aromatic heterocycles. The number of likely N-dealkylation sites (tertiary alicyclic amines) is 1. The number of aryl methyl sites for hydroxylation is 1. The normalized spacial score (nSPS) is 21.6. The molecule has 2 aromatic rings. The second-order valence-corrected chi connectivity index (χ2v) is 7.28. The van der Waals surface area contributed by atoms with Gasteiger partial charge in [0.25, 0.3) is 0 Å². The standard InChI is InChI=1S/C22H26N2O3/c1-16-4-3-5-18(12-16)22-20-14-24(15-21(20)27-23-22)13-17-6-8-19(9-7-17)26-11-10-25-2/h3-9,12,20-21H,10-11,13-15H2,1-2H3/t20-,21-/m1/s1. The fraction of sp³-hybridized carbons (Fsp3) is 0.409. The zero-order valence-corrected chi connectivity index (χ0v) is 15.9. The van der Waals surface area contributed by atoms with Gasteiger partial charge in [0.15, 0.2) is 0 Å². The van der Waals surface area contributed by atoms with Crippen molar-refractivity contribution in [2.45, 2.75) is 19.6 Å². The van der Waals surface area contributed by atoms with Crippen LogP contribution in [0.25, 0.3) is 0 Å².